The van der Waals surface area contributed by atoms with Gasteiger partial charge in [-0.25, -0.2) is 18.0 Å². The molecule has 0 saturated carbocycles. The molecule has 0 bridgehead atoms. The van der Waals surface area contributed by atoms with Crippen molar-refractivity contribution in [2.45, 2.75) is 6.10 Å². The first-order valence-electron chi connectivity index (χ1n) is 6.99. The molecule has 2 aromatic rings. The minimum Gasteiger partial charge on any atom is -0.459 e. The van der Waals surface area contributed by atoms with E-state index >= 15 is 0 Å². The average molecular weight is 467 g/mol. The van der Waals surface area contributed by atoms with E-state index in [2.05, 4.69) is 5.32 Å². The summed E-state index contributed by atoms with van der Waals surface area (Å²) in [5.41, 5.74) is -1.14. The van der Waals surface area contributed by atoms with Gasteiger partial charge in [0, 0.05) is 3.57 Å². The number of aliphatic hydroxyl groups excluding tert-OH is 2. The Morgan fingerprint density at radius 3 is 2.56 bits per heavy atom. The van der Waals surface area contributed by atoms with Gasteiger partial charge in [0.15, 0.2) is 11.6 Å². The minimum absolute atomic E-state index is 0.158. The lowest BCUT2D eigenvalue weighted by molar-refractivity contribution is 0.00937. The Morgan fingerprint density at radius 1 is 1.20 bits per heavy atom. The van der Waals surface area contributed by atoms with Gasteiger partial charge in [0.2, 0.25) is 0 Å². The van der Waals surface area contributed by atoms with E-state index in [4.69, 9.17) is 9.84 Å². The number of hydrogen-bond donors (Lipinski definition) is 3. The first-order valence-corrected chi connectivity index (χ1v) is 8.07. The van der Waals surface area contributed by atoms with Crippen molar-refractivity contribution in [1.29, 1.82) is 0 Å². The van der Waals surface area contributed by atoms with E-state index in [1.54, 1.807) is 6.07 Å². The molecule has 1 atom stereocenters. The summed E-state index contributed by atoms with van der Waals surface area (Å²) in [6.07, 6.45) is -1.31. The third kappa shape index (κ3) is 4.83. The number of nitrogens with one attached hydrogen (secondary N) is 1. The van der Waals surface area contributed by atoms with Gasteiger partial charge in [-0.15, -0.1) is 0 Å². The van der Waals surface area contributed by atoms with E-state index in [-0.39, 0.29) is 11.3 Å². The predicted octanol–water partition coefficient (Wildman–Crippen LogP) is 2.96. The molecule has 2 aromatic carbocycles. The second-order valence-electron chi connectivity index (χ2n) is 4.97. The van der Waals surface area contributed by atoms with E-state index in [0.29, 0.717) is 3.57 Å². The van der Waals surface area contributed by atoms with Crippen LogP contribution in [-0.4, -0.2) is 35.5 Å². The lowest BCUT2D eigenvalue weighted by Gasteiger charge is -2.15. The lowest BCUT2D eigenvalue weighted by Crippen LogP contribution is -2.22. The van der Waals surface area contributed by atoms with E-state index in [0.717, 1.165) is 12.1 Å². The number of hydrogen-bond acceptors (Lipinski definition) is 5. The largest absolute Gasteiger partial charge is 0.459 e. The predicted molar refractivity (Wildman–Crippen MR) is 92.1 cm³/mol. The number of benzene rings is 2. The summed E-state index contributed by atoms with van der Waals surface area (Å²) in [4.78, 5) is 12.0. The van der Waals surface area contributed by atoms with Crippen LogP contribution in [0.15, 0.2) is 30.3 Å². The second kappa shape index (κ2) is 8.50. The van der Waals surface area contributed by atoms with Crippen molar-refractivity contribution in [3.8, 4) is 0 Å². The Bertz CT molecular complexity index is 788. The fourth-order valence-electron chi connectivity index (χ4n) is 1.87. The molecule has 0 fully saturated rings. The molecule has 25 heavy (non-hydrogen) atoms. The molecule has 0 aliphatic rings. The molecular formula is C16H13F3INO4. The van der Waals surface area contributed by atoms with Gasteiger partial charge in [-0.2, -0.15) is 0 Å². The van der Waals surface area contributed by atoms with Crippen LogP contribution in [0.2, 0.25) is 0 Å². The smallest absolute Gasteiger partial charge is 0.340 e. The Kier molecular flexibility index (Phi) is 6.62. The van der Waals surface area contributed by atoms with Crippen molar-refractivity contribution in [2.75, 3.05) is 18.5 Å². The summed E-state index contributed by atoms with van der Waals surface area (Å²) >= 11 is 1.88. The van der Waals surface area contributed by atoms with E-state index in [1.807, 2.05) is 22.6 Å². The third-order valence-electron chi connectivity index (χ3n) is 3.12. The van der Waals surface area contributed by atoms with Gasteiger partial charge >= 0.3 is 5.97 Å². The molecule has 0 aliphatic heterocycles. The van der Waals surface area contributed by atoms with Gasteiger partial charge in [0.1, 0.15) is 18.5 Å². The summed E-state index contributed by atoms with van der Waals surface area (Å²) in [5.74, 6) is -4.40. The molecule has 2 rings (SSSR count). The molecule has 3 N–H and O–H groups in total. The first-order chi connectivity index (χ1) is 11.8. The van der Waals surface area contributed by atoms with Crippen LogP contribution in [0.3, 0.4) is 0 Å². The quantitative estimate of drug-likeness (QED) is 0.450. The van der Waals surface area contributed by atoms with E-state index in [9.17, 15) is 23.1 Å². The molecule has 0 unspecified atom stereocenters. The Hall–Kier alpha value is -1.85. The Balaban J connectivity index is 2.35. The third-order valence-corrected chi connectivity index (χ3v) is 3.79. The topological polar surface area (TPSA) is 78.8 Å². The zero-order chi connectivity index (χ0) is 18.6. The second-order valence-corrected chi connectivity index (χ2v) is 6.21. The molecule has 0 amide bonds. The van der Waals surface area contributed by atoms with Gasteiger partial charge in [0.05, 0.1) is 23.5 Å². The standard InChI is InChI=1S/C16H13F3INO4/c17-11-3-2-10(16(24)25-7-9(23)6-22)15(14(11)19)21-13-4-1-8(20)5-12(13)18/h1-5,9,21-23H,6-7H2/t9-/m1/s1. The summed E-state index contributed by atoms with van der Waals surface area (Å²) in [6.45, 7) is -1.17. The summed E-state index contributed by atoms with van der Waals surface area (Å²) < 4.78 is 46.9. The minimum atomic E-state index is -1.38. The fraction of sp³-hybridized carbons (Fsp3) is 0.188. The summed E-state index contributed by atoms with van der Waals surface area (Å²) in [7, 11) is 0. The van der Waals surface area contributed by atoms with Crippen LogP contribution in [-0.2, 0) is 4.74 Å². The molecule has 0 aliphatic carbocycles. The summed E-state index contributed by atoms with van der Waals surface area (Å²) in [6, 6.07) is 5.73. The van der Waals surface area contributed by atoms with Crippen LogP contribution in [0.5, 0.6) is 0 Å². The first kappa shape index (κ1) is 19.5. The van der Waals surface area contributed by atoms with Crippen LogP contribution >= 0.6 is 22.6 Å². The van der Waals surface area contributed by atoms with Crippen molar-refractivity contribution < 1.29 is 32.9 Å². The van der Waals surface area contributed by atoms with Crippen molar-refractivity contribution in [3.05, 3.63) is 56.9 Å². The molecule has 0 saturated heterocycles. The van der Waals surface area contributed by atoms with Gasteiger partial charge in [0.25, 0.3) is 0 Å². The number of esters is 1. The summed E-state index contributed by atoms with van der Waals surface area (Å²) in [5, 5.41) is 20.2. The van der Waals surface area contributed by atoms with Gasteiger partial charge in [-0.3, -0.25) is 0 Å². The fourth-order valence-corrected chi connectivity index (χ4v) is 2.32. The highest BCUT2D eigenvalue weighted by Gasteiger charge is 2.21. The molecule has 0 spiro atoms. The van der Waals surface area contributed by atoms with Gasteiger partial charge < -0.3 is 20.3 Å². The van der Waals surface area contributed by atoms with Crippen molar-refractivity contribution >= 4 is 39.9 Å². The lowest BCUT2D eigenvalue weighted by atomic mass is 10.1. The van der Waals surface area contributed by atoms with Crippen molar-refractivity contribution in [3.63, 3.8) is 0 Å². The highest BCUT2D eigenvalue weighted by atomic mass is 127. The van der Waals surface area contributed by atoms with Gasteiger partial charge in [-0.1, -0.05) is 0 Å². The Labute approximate surface area is 154 Å². The molecular weight excluding hydrogens is 454 g/mol. The maximum atomic E-state index is 14.1. The maximum Gasteiger partial charge on any atom is 0.340 e. The highest BCUT2D eigenvalue weighted by Crippen LogP contribution is 2.29. The number of anilines is 2. The van der Waals surface area contributed by atoms with E-state index < -0.39 is 48.4 Å². The zero-order valence-electron chi connectivity index (χ0n) is 12.6. The number of halogens is 4. The van der Waals surface area contributed by atoms with Crippen LogP contribution in [0.1, 0.15) is 10.4 Å². The Morgan fingerprint density at radius 2 is 1.92 bits per heavy atom. The van der Waals surface area contributed by atoms with Crippen LogP contribution in [0, 0.1) is 21.0 Å². The zero-order valence-corrected chi connectivity index (χ0v) is 14.8. The molecule has 0 aromatic heterocycles. The van der Waals surface area contributed by atoms with Crippen molar-refractivity contribution in [1.82, 2.24) is 0 Å². The number of carbonyl (C=O) groups excluding carboxylic acids is 1. The SMILES string of the molecule is O=C(OC[C@H](O)CO)c1ccc(F)c(F)c1Nc1ccc(I)cc1F. The van der Waals surface area contributed by atoms with Crippen LogP contribution in [0.25, 0.3) is 0 Å². The average Bonchev–Trinajstić information content (AvgIpc) is 2.58. The molecule has 0 heterocycles. The van der Waals surface area contributed by atoms with Crippen molar-refractivity contribution in [2.24, 2.45) is 0 Å². The van der Waals surface area contributed by atoms with Crippen LogP contribution in [0.4, 0.5) is 24.5 Å². The monoisotopic (exact) mass is 467 g/mol. The van der Waals surface area contributed by atoms with Crippen LogP contribution < -0.4 is 5.32 Å². The van der Waals surface area contributed by atoms with E-state index in [1.165, 1.54) is 12.1 Å². The number of rotatable bonds is 6. The molecule has 5 nitrogen and oxygen atoms in total. The highest BCUT2D eigenvalue weighted by molar-refractivity contribution is 14.1. The number of ether oxygens (including phenoxy) is 1. The molecule has 0 radical (unpaired) electrons. The normalized spacial score (nSPS) is 11.9. The van der Waals surface area contributed by atoms with Gasteiger partial charge in [-0.05, 0) is 52.9 Å². The number of aliphatic hydroxyl groups is 2. The maximum absolute atomic E-state index is 14.1. The molecule has 9 heteroatoms. The molecule has 134 valence electrons. The number of carbonyl (C=O) groups is 1.